The lowest BCUT2D eigenvalue weighted by molar-refractivity contribution is 0.0955. The van der Waals surface area contributed by atoms with Crippen molar-refractivity contribution < 1.29 is 14.0 Å². The van der Waals surface area contributed by atoms with Gasteiger partial charge in [0.15, 0.2) is 5.76 Å². The Hall–Kier alpha value is -3.71. The normalized spacial score (nSPS) is 14.1. The number of hydrogen-bond donors (Lipinski definition) is 2. The SMILES string of the molecule is Cc1ccc(NC(=O)c2oc3c(c2C)/C(=N/NC(=O)c2cccc4ccccc24)CCC3)c(Br)c1. The second kappa shape index (κ2) is 9.50. The Morgan fingerprint density at radius 1 is 0.971 bits per heavy atom. The van der Waals surface area contributed by atoms with Crippen LogP contribution in [0.4, 0.5) is 5.69 Å². The number of nitrogens with zero attached hydrogens (tertiary/aromatic N) is 1. The van der Waals surface area contributed by atoms with Gasteiger partial charge in [-0.05, 0) is 77.2 Å². The molecule has 1 aliphatic rings. The zero-order valence-electron chi connectivity index (χ0n) is 19.4. The van der Waals surface area contributed by atoms with Crippen LogP contribution in [0.1, 0.15) is 56.2 Å². The average Bonchev–Trinajstić information content (AvgIpc) is 3.21. The summed E-state index contributed by atoms with van der Waals surface area (Å²) in [5.74, 6) is 0.392. The third-order valence-electron chi connectivity index (χ3n) is 6.23. The predicted molar refractivity (Wildman–Crippen MR) is 141 cm³/mol. The van der Waals surface area contributed by atoms with E-state index in [1.807, 2.05) is 68.4 Å². The molecule has 0 atom stereocenters. The van der Waals surface area contributed by atoms with E-state index in [2.05, 4.69) is 31.8 Å². The van der Waals surface area contributed by atoms with Gasteiger partial charge in [-0.25, -0.2) is 5.43 Å². The molecule has 7 heteroatoms. The van der Waals surface area contributed by atoms with Crippen molar-refractivity contribution in [3.05, 3.63) is 98.9 Å². The maximum Gasteiger partial charge on any atom is 0.291 e. The van der Waals surface area contributed by atoms with Gasteiger partial charge in [0.1, 0.15) is 5.76 Å². The molecule has 5 rings (SSSR count). The van der Waals surface area contributed by atoms with Crippen LogP contribution < -0.4 is 10.7 Å². The smallest absolute Gasteiger partial charge is 0.291 e. The fraction of sp³-hybridized carbons (Fsp3) is 0.179. The summed E-state index contributed by atoms with van der Waals surface area (Å²) in [6.07, 6.45) is 2.23. The zero-order valence-corrected chi connectivity index (χ0v) is 21.0. The molecule has 0 aliphatic heterocycles. The van der Waals surface area contributed by atoms with Crippen molar-refractivity contribution in [2.24, 2.45) is 5.10 Å². The molecule has 1 heterocycles. The summed E-state index contributed by atoms with van der Waals surface area (Å²) in [4.78, 5) is 26.0. The number of nitrogens with one attached hydrogen (secondary N) is 2. The second-order valence-electron chi connectivity index (χ2n) is 8.67. The first-order chi connectivity index (χ1) is 16.9. The van der Waals surface area contributed by atoms with E-state index < -0.39 is 0 Å². The third-order valence-corrected chi connectivity index (χ3v) is 6.89. The number of amides is 2. The first kappa shape index (κ1) is 23.1. The van der Waals surface area contributed by atoms with Crippen LogP contribution in [0, 0.1) is 13.8 Å². The van der Waals surface area contributed by atoms with Crippen molar-refractivity contribution in [3.63, 3.8) is 0 Å². The van der Waals surface area contributed by atoms with E-state index in [4.69, 9.17) is 4.42 Å². The Balaban J connectivity index is 1.41. The quantitative estimate of drug-likeness (QED) is 0.294. The third kappa shape index (κ3) is 4.51. The lowest BCUT2D eigenvalue weighted by Crippen LogP contribution is -2.22. The Morgan fingerprint density at radius 2 is 1.77 bits per heavy atom. The van der Waals surface area contributed by atoms with Gasteiger partial charge >= 0.3 is 0 Å². The molecule has 3 aromatic carbocycles. The van der Waals surface area contributed by atoms with Gasteiger partial charge in [0, 0.05) is 27.6 Å². The largest absolute Gasteiger partial charge is 0.455 e. The van der Waals surface area contributed by atoms with Gasteiger partial charge < -0.3 is 9.73 Å². The molecule has 0 fully saturated rings. The molecule has 4 aromatic rings. The number of carbonyl (C=O) groups excluding carboxylic acids is 2. The maximum atomic E-state index is 13.0. The first-order valence-electron chi connectivity index (χ1n) is 11.5. The predicted octanol–water partition coefficient (Wildman–Crippen LogP) is 6.53. The van der Waals surface area contributed by atoms with Crippen LogP contribution in [0.3, 0.4) is 0 Å². The standard InChI is InChI=1S/C28H24BrN3O3/c1-16-13-14-22(21(29)15-16)30-28(34)26-17(2)25-23(11-6-12-24(25)35-26)31-32-27(33)20-10-5-8-18-7-3-4-9-19(18)20/h3-5,7-10,13-15H,6,11-12H2,1-2H3,(H,30,34)(H,32,33)/b31-23+. The molecule has 2 N–H and O–H groups in total. The minimum atomic E-state index is -0.319. The molecule has 0 saturated heterocycles. The second-order valence-corrected chi connectivity index (χ2v) is 9.53. The van der Waals surface area contributed by atoms with E-state index >= 15 is 0 Å². The number of aryl methyl sites for hydroxylation is 2. The lowest BCUT2D eigenvalue weighted by Gasteiger charge is -2.13. The van der Waals surface area contributed by atoms with E-state index in [1.165, 1.54) is 0 Å². The lowest BCUT2D eigenvalue weighted by atomic mass is 9.93. The molecule has 0 spiro atoms. The molecule has 35 heavy (non-hydrogen) atoms. The number of benzene rings is 3. The van der Waals surface area contributed by atoms with Crippen LogP contribution in [-0.2, 0) is 6.42 Å². The fourth-order valence-electron chi connectivity index (χ4n) is 4.50. The van der Waals surface area contributed by atoms with E-state index in [0.29, 0.717) is 24.1 Å². The van der Waals surface area contributed by atoms with Gasteiger partial charge in [-0.3, -0.25) is 9.59 Å². The number of carbonyl (C=O) groups is 2. The van der Waals surface area contributed by atoms with Crippen LogP contribution in [0.5, 0.6) is 0 Å². The molecule has 6 nitrogen and oxygen atoms in total. The number of anilines is 1. The highest BCUT2D eigenvalue weighted by atomic mass is 79.9. The highest BCUT2D eigenvalue weighted by Crippen LogP contribution is 2.31. The summed E-state index contributed by atoms with van der Waals surface area (Å²) in [5.41, 5.74) is 7.30. The molecule has 176 valence electrons. The van der Waals surface area contributed by atoms with Crippen molar-refractivity contribution in [2.75, 3.05) is 5.32 Å². The van der Waals surface area contributed by atoms with Crippen LogP contribution in [0.25, 0.3) is 10.8 Å². The Labute approximate surface area is 211 Å². The molecule has 0 unspecified atom stereocenters. The molecule has 2 amide bonds. The highest BCUT2D eigenvalue weighted by Gasteiger charge is 2.28. The van der Waals surface area contributed by atoms with Crippen molar-refractivity contribution >= 4 is 49.9 Å². The summed E-state index contributed by atoms with van der Waals surface area (Å²) in [6, 6.07) is 19.1. The number of fused-ring (bicyclic) bond motifs is 2. The van der Waals surface area contributed by atoms with E-state index in [9.17, 15) is 9.59 Å². The van der Waals surface area contributed by atoms with Crippen molar-refractivity contribution in [2.45, 2.75) is 33.1 Å². The van der Waals surface area contributed by atoms with Gasteiger partial charge in [-0.1, -0.05) is 42.5 Å². The highest BCUT2D eigenvalue weighted by molar-refractivity contribution is 9.10. The Bertz CT molecular complexity index is 1500. The van der Waals surface area contributed by atoms with Crippen molar-refractivity contribution in [3.8, 4) is 0 Å². The van der Waals surface area contributed by atoms with Gasteiger partial charge in [-0.15, -0.1) is 0 Å². The van der Waals surface area contributed by atoms with Gasteiger partial charge in [-0.2, -0.15) is 5.10 Å². The minimum absolute atomic E-state index is 0.262. The summed E-state index contributed by atoms with van der Waals surface area (Å²) in [5, 5.41) is 9.25. The number of furan rings is 1. The van der Waals surface area contributed by atoms with E-state index in [0.717, 1.165) is 49.8 Å². The molecule has 1 aromatic heterocycles. The molecule has 0 bridgehead atoms. The number of hydrazone groups is 1. The molecule has 0 radical (unpaired) electrons. The number of halogens is 1. The van der Waals surface area contributed by atoms with Gasteiger partial charge in [0.2, 0.25) is 0 Å². The summed E-state index contributed by atoms with van der Waals surface area (Å²) in [7, 11) is 0. The molecular weight excluding hydrogens is 506 g/mol. The molecular formula is C28H24BrN3O3. The van der Waals surface area contributed by atoms with Gasteiger partial charge in [0.25, 0.3) is 11.8 Å². The minimum Gasteiger partial charge on any atom is -0.455 e. The van der Waals surface area contributed by atoms with Crippen LogP contribution in [-0.4, -0.2) is 17.5 Å². The molecule has 1 aliphatic carbocycles. The van der Waals surface area contributed by atoms with Crippen LogP contribution in [0.2, 0.25) is 0 Å². The van der Waals surface area contributed by atoms with E-state index in [1.54, 1.807) is 6.07 Å². The Morgan fingerprint density at radius 3 is 2.60 bits per heavy atom. The van der Waals surface area contributed by atoms with Crippen LogP contribution >= 0.6 is 15.9 Å². The summed E-state index contributed by atoms with van der Waals surface area (Å²) >= 11 is 3.50. The average molecular weight is 530 g/mol. The summed E-state index contributed by atoms with van der Waals surface area (Å²) < 4.78 is 6.80. The fourth-order valence-corrected chi connectivity index (χ4v) is 5.09. The van der Waals surface area contributed by atoms with E-state index in [-0.39, 0.29) is 17.6 Å². The molecule has 0 saturated carbocycles. The maximum absolute atomic E-state index is 13.0. The van der Waals surface area contributed by atoms with Crippen molar-refractivity contribution in [1.82, 2.24) is 5.43 Å². The van der Waals surface area contributed by atoms with Crippen LogP contribution in [0.15, 0.2) is 74.7 Å². The topological polar surface area (TPSA) is 83.7 Å². The monoisotopic (exact) mass is 529 g/mol. The number of hydrogen-bond acceptors (Lipinski definition) is 4. The Kier molecular flexibility index (Phi) is 6.26. The summed E-state index contributed by atoms with van der Waals surface area (Å²) in [6.45, 7) is 3.84. The zero-order chi connectivity index (χ0) is 24.5. The number of rotatable bonds is 4. The first-order valence-corrected chi connectivity index (χ1v) is 12.3. The van der Waals surface area contributed by atoms with Gasteiger partial charge in [0.05, 0.1) is 11.4 Å². The van der Waals surface area contributed by atoms with Crippen molar-refractivity contribution in [1.29, 1.82) is 0 Å².